The van der Waals surface area contributed by atoms with Crippen LogP contribution in [-0.2, 0) is 20.4 Å². The normalized spacial score (nSPS) is 14.4. The van der Waals surface area contributed by atoms with Crippen molar-refractivity contribution < 1.29 is 19.1 Å². The minimum Gasteiger partial charge on any atom is -0.507 e. The summed E-state index contributed by atoms with van der Waals surface area (Å²) in [5.41, 5.74) is 1.99. The minimum atomic E-state index is -0.534. The van der Waals surface area contributed by atoms with Gasteiger partial charge in [0, 0.05) is 21.3 Å². The average molecular weight is 434 g/mol. The lowest BCUT2D eigenvalue weighted by Gasteiger charge is -2.29. The van der Waals surface area contributed by atoms with E-state index in [9.17, 15) is 9.90 Å². The van der Waals surface area contributed by atoms with Gasteiger partial charge in [-0.2, -0.15) is 0 Å². The first-order valence-electron chi connectivity index (χ1n) is 10.3. The van der Waals surface area contributed by atoms with Crippen molar-refractivity contribution in [3.05, 3.63) is 41.1 Å². The maximum absolute atomic E-state index is 12.7. The van der Waals surface area contributed by atoms with Crippen molar-refractivity contribution >= 4 is 17.7 Å². The van der Waals surface area contributed by atoms with E-state index in [0.717, 1.165) is 22.4 Å². The van der Waals surface area contributed by atoms with Crippen molar-refractivity contribution in [3.8, 4) is 5.75 Å². The second-order valence-corrected chi connectivity index (χ2v) is 11.0. The van der Waals surface area contributed by atoms with Crippen molar-refractivity contribution in [2.24, 2.45) is 0 Å². The zero-order valence-electron chi connectivity index (χ0n) is 19.6. The first-order chi connectivity index (χ1) is 13.8. The monoisotopic (exact) mass is 433 g/mol. The zero-order valence-corrected chi connectivity index (χ0v) is 20.4. The Bertz CT molecular complexity index is 854. The quantitative estimate of drug-likeness (QED) is 0.438. The number of carbonyl (C=O) groups excluding carboxylic acids is 1. The molecule has 1 aromatic carbocycles. The van der Waals surface area contributed by atoms with Crippen LogP contribution in [0.15, 0.2) is 27.8 Å². The predicted molar refractivity (Wildman–Crippen MR) is 121 cm³/mol. The Labute approximate surface area is 184 Å². The highest BCUT2D eigenvalue weighted by Crippen LogP contribution is 2.44. The third-order valence-corrected chi connectivity index (χ3v) is 6.71. The van der Waals surface area contributed by atoms with Crippen LogP contribution in [0.5, 0.6) is 5.75 Å². The molecule has 2 unspecified atom stereocenters. The van der Waals surface area contributed by atoms with Crippen molar-refractivity contribution in [3.63, 3.8) is 0 Å². The van der Waals surface area contributed by atoms with E-state index in [1.165, 1.54) is 13.5 Å². The number of nitrogens with zero attached hydrogens (tertiary/aromatic N) is 1. The second-order valence-electron chi connectivity index (χ2n) is 9.73. The number of aromatic hydroxyl groups is 1. The molecule has 6 heteroatoms. The Morgan fingerprint density at radius 1 is 1.17 bits per heavy atom. The maximum Gasteiger partial charge on any atom is 0.316 e. The fourth-order valence-electron chi connectivity index (χ4n) is 3.56. The first kappa shape index (κ1) is 24.3. The molecular formula is C24H35NO4S. The summed E-state index contributed by atoms with van der Waals surface area (Å²) >= 11 is 1.62. The Balaban J connectivity index is 2.57. The fourth-order valence-corrected chi connectivity index (χ4v) is 4.82. The summed E-state index contributed by atoms with van der Waals surface area (Å²) in [6.07, 6.45) is 2.11. The lowest BCUT2D eigenvalue weighted by Crippen LogP contribution is -2.26. The summed E-state index contributed by atoms with van der Waals surface area (Å²) in [4.78, 5) is 18.0. The summed E-state index contributed by atoms with van der Waals surface area (Å²) in [6, 6.07) is 4.09. The lowest BCUT2D eigenvalue weighted by molar-refractivity contribution is -0.142. The van der Waals surface area contributed by atoms with Crippen LogP contribution in [0, 0.1) is 6.92 Å². The number of aromatic nitrogens is 1. The molecule has 2 atom stereocenters. The number of ether oxygens (including phenoxy) is 1. The SMILES string of the molecule is CCC(Sc1cc(C(C)(C)C)c(O)c(C(C)(C)C)c1)C(C(=O)OC)c1ncoc1C. The van der Waals surface area contributed by atoms with Gasteiger partial charge < -0.3 is 14.3 Å². The van der Waals surface area contributed by atoms with Crippen LogP contribution >= 0.6 is 11.8 Å². The van der Waals surface area contributed by atoms with Crippen LogP contribution in [0.4, 0.5) is 0 Å². The van der Waals surface area contributed by atoms with Gasteiger partial charge in [-0.05, 0) is 36.3 Å². The second kappa shape index (κ2) is 9.04. The zero-order chi connectivity index (χ0) is 22.9. The van der Waals surface area contributed by atoms with Gasteiger partial charge in [0.25, 0.3) is 0 Å². The minimum absolute atomic E-state index is 0.0913. The first-order valence-corrected chi connectivity index (χ1v) is 11.2. The fraction of sp³-hybridized carbons (Fsp3) is 0.583. The van der Waals surface area contributed by atoms with Gasteiger partial charge in [0.1, 0.15) is 17.4 Å². The summed E-state index contributed by atoms with van der Waals surface area (Å²) in [6.45, 7) is 16.4. The standard InChI is InChI=1S/C24H35NO4S/c1-10-18(19(22(27)28-9)20-14(2)29-13-25-20)30-15-11-16(23(3,4)5)21(26)17(12-15)24(6,7)8/h11-13,18-19,26H,10H2,1-9H3. The predicted octanol–water partition coefficient (Wildman–Crippen LogP) is 6.11. The molecule has 0 aliphatic heterocycles. The van der Waals surface area contributed by atoms with Gasteiger partial charge in [0.15, 0.2) is 6.39 Å². The highest BCUT2D eigenvalue weighted by Gasteiger charge is 2.35. The van der Waals surface area contributed by atoms with Gasteiger partial charge in [-0.25, -0.2) is 4.98 Å². The van der Waals surface area contributed by atoms with E-state index in [0.29, 0.717) is 17.2 Å². The summed E-state index contributed by atoms with van der Waals surface area (Å²) in [5.74, 6) is 0.121. The number of phenolic OH excluding ortho intramolecular Hbond substituents is 1. The highest BCUT2D eigenvalue weighted by molar-refractivity contribution is 8.00. The van der Waals surface area contributed by atoms with E-state index in [4.69, 9.17) is 9.15 Å². The number of methoxy groups -OCH3 is 1. The van der Waals surface area contributed by atoms with Crippen LogP contribution in [0.25, 0.3) is 0 Å². The molecule has 1 heterocycles. The molecule has 0 aliphatic carbocycles. The summed E-state index contributed by atoms with van der Waals surface area (Å²) in [5, 5.41) is 10.9. The Kier molecular flexibility index (Phi) is 7.33. The molecule has 0 aliphatic rings. The highest BCUT2D eigenvalue weighted by atomic mass is 32.2. The summed E-state index contributed by atoms with van der Waals surface area (Å²) in [7, 11) is 1.40. The molecule has 30 heavy (non-hydrogen) atoms. The van der Waals surface area contributed by atoms with Crippen LogP contribution in [-0.4, -0.2) is 28.4 Å². The molecule has 2 aromatic rings. The van der Waals surface area contributed by atoms with E-state index in [1.807, 2.05) is 19.1 Å². The third-order valence-electron chi connectivity index (χ3n) is 5.29. The molecule has 0 saturated heterocycles. The van der Waals surface area contributed by atoms with E-state index in [-0.39, 0.29) is 22.0 Å². The maximum atomic E-state index is 12.7. The Morgan fingerprint density at radius 2 is 1.70 bits per heavy atom. The smallest absolute Gasteiger partial charge is 0.316 e. The van der Waals surface area contributed by atoms with E-state index < -0.39 is 5.92 Å². The molecule has 0 bridgehead atoms. The molecule has 0 spiro atoms. The number of hydrogen-bond donors (Lipinski definition) is 1. The van der Waals surface area contributed by atoms with E-state index >= 15 is 0 Å². The Hall–Kier alpha value is -1.95. The van der Waals surface area contributed by atoms with Crippen molar-refractivity contribution in [2.45, 2.75) is 88.7 Å². The van der Waals surface area contributed by atoms with Crippen LogP contribution in [0.3, 0.4) is 0 Å². The largest absolute Gasteiger partial charge is 0.507 e. The molecule has 2 rings (SSSR count). The van der Waals surface area contributed by atoms with Gasteiger partial charge >= 0.3 is 5.97 Å². The van der Waals surface area contributed by atoms with E-state index in [1.54, 1.807) is 11.8 Å². The van der Waals surface area contributed by atoms with Gasteiger partial charge in [-0.3, -0.25) is 4.79 Å². The lowest BCUT2D eigenvalue weighted by atomic mass is 9.79. The number of phenols is 1. The number of aryl methyl sites for hydroxylation is 1. The van der Waals surface area contributed by atoms with Crippen molar-refractivity contribution in [2.75, 3.05) is 7.11 Å². The number of oxazole rings is 1. The molecule has 1 aromatic heterocycles. The molecule has 166 valence electrons. The number of benzene rings is 1. The van der Waals surface area contributed by atoms with Crippen molar-refractivity contribution in [1.82, 2.24) is 4.98 Å². The van der Waals surface area contributed by atoms with Crippen LogP contribution in [0.1, 0.15) is 83.4 Å². The molecule has 0 amide bonds. The molecular weight excluding hydrogens is 398 g/mol. The molecule has 5 nitrogen and oxygen atoms in total. The number of thioether (sulfide) groups is 1. The number of hydrogen-bond acceptors (Lipinski definition) is 6. The van der Waals surface area contributed by atoms with Gasteiger partial charge in [0.05, 0.1) is 12.8 Å². The molecule has 0 saturated carbocycles. The number of esters is 1. The van der Waals surface area contributed by atoms with Crippen LogP contribution in [0.2, 0.25) is 0 Å². The van der Waals surface area contributed by atoms with E-state index in [2.05, 4.69) is 53.5 Å². The average Bonchev–Trinajstić information content (AvgIpc) is 3.05. The number of rotatable bonds is 6. The third kappa shape index (κ3) is 5.20. The molecule has 0 fully saturated rings. The number of carbonyl (C=O) groups is 1. The summed E-state index contributed by atoms with van der Waals surface area (Å²) < 4.78 is 10.5. The Morgan fingerprint density at radius 3 is 2.07 bits per heavy atom. The van der Waals surface area contributed by atoms with Crippen LogP contribution < -0.4 is 0 Å². The van der Waals surface area contributed by atoms with Gasteiger partial charge in [-0.1, -0.05) is 48.5 Å². The molecule has 0 radical (unpaired) electrons. The topological polar surface area (TPSA) is 72.6 Å². The molecule has 1 N–H and O–H groups in total. The van der Waals surface area contributed by atoms with Gasteiger partial charge in [0.2, 0.25) is 0 Å². The van der Waals surface area contributed by atoms with Crippen molar-refractivity contribution in [1.29, 1.82) is 0 Å². The van der Waals surface area contributed by atoms with Gasteiger partial charge in [-0.15, -0.1) is 11.8 Å².